The molecule has 0 saturated carbocycles. The van der Waals surface area contributed by atoms with Crippen LogP contribution >= 0.6 is 19.5 Å². The molecule has 132 valence electrons. The molecule has 1 fully saturated rings. The van der Waals surface area contributed by atoms with Crippen molar-refractivity contribution in [1.82, 2.24) is 14.5 Å². The van der Waals surface area contributed by atoms with Crippen molar-refractivity contribution in [2.45, 2.75) is 36.1 Å². The molecule has 3 rings (SSSR count). The Kier molecular flexibility index (Phi) is 4.70. The summed E-state index contributed by atoms with van der Waals surface area (Å²) >= 11 is 4.36. The number of fused-ring (bicyclic) bond motifs is 1. The van der Waals surface area contributed by atoms with Gasteiger partial charge >= 0.3 is 0 Å². The molecule has 0 bridgehead atoms. The van der Waals surface area contributed by atoms with Crippen molar-refractivity contribution >= 4 is 42.7 Å². The zero-order valence-corrected chi connectivity index (χ0v) is 15.5. The molecule has 7 nitrogen and oxygen atoms in total. The molecule has 9 heteroatoms. The number of hydrogen-bond donors (Lipinski definition) is 4. The maximum Gasteiger partial charge on any atom is 0.169 e. The Hall–Kier alpha value is -1.05. The Morgan fingerprint density at radius 2 is 2.12 bits per heavy atom. The van der Waals surface area contributed by atoms with Gasteiger partial charge in [-0.3, -0.25) is 4.57 Å². The van der Waals surface area contributed by atoms with E-state index >= 15 is 0 Å². The van der Waals surface area contributed by atoms with Gasteiger partial charge in [-0.2, -0.15) is 0 Å². The lowest BCUT2D eigenvalue weighted by atomic mass is 10.1. The molecule has 1 saturated heterocycles. The number of aliphatic hydroxyl groups is 2. The van der Waals surface area contributed by atoms with E-state index in [-0.39, 0.29) is 0 Å². The number of nitrogens with zero attached hydrogens (tertiary/aromatic N) is 3. The van der Waals surface area contributed by atoms with Gasteiger partial charge in [0, 0.05) is 6.20 Å². The van der Waals surface area contributed by atoms with E-state index in [2.05, 4.69) is 42.2 Å². The molecule has 1 aliphatic rings. The molecule has 3 heterocycles. The second kappa shape index (κ2) is 6.35. The number of hydrogen-bond acceptors (Lipinski definition) is 7. The summed E-state index contributed by atoms with van der Waals surface area (Å²) in [4.78, 5) is 8.56. The Balaban J connectivity index is 1.92. The summed E-state index contributed by atoms with van der Waals surface area (Å²) in [6.07, 6.45) is 3.92. The second-order valence-electron chi connectivity index (χ2n) is 6.85. The van der Waals surface area contributed by atoms with Gasteiger partial charge in [-0.05, 0) is 32.0 Å². The third-order valence-electron chi connectivity index (χ3n) is 4.20. The zero-order chi connectivity index (χ0) is 17.6. The van der Waals surface area contributed by atoms with Crippen LogP contribution in [0.1, 0.15) is 12.6 Å². The van der Waals surface area contributed by atoms with Crippen molar-refractivity contribution in [3.05, 3.63) is 12.3 Å². The van der Waals surface area contributed by atoms with Crippen LogP contribution in [-0.2, 0) is 4.74 Å². The van der Waals surface area contributed by atoms with Crippen LogP contribution in [0.15, 0.2) is 17.4 Å². The topological polar surface area (TPSA) is 106 Å². The highest BCUT2D eigenvalue weighted by molar-refractivity contribution is 7.80. The highest BCUT2D eigenvalue weighted by Gasteiger charge is 2.44. The van der Waals surface area contributed by atoms with E-state index in [0.717, 1.165) is 6.16 Å². The molecular weight excluding hydrogens is 347 g/mol. The average Bonchev–Trinajstić information content (AvgIpc) is 2.96. The minimum atomic E-state index is -1.24. The van der Waals surface area contributed by atoms with Gasteiger partial charge in [-0.1, -0.05) is 0 Å². The van der Waals surface area contributed by atoms with E-state index < -0.39 is 31.4 Å². The summed E-state index contributed by atoms with van der Waals surface area (Å²) in [5.41, 5.74) is 7.37. The molecule has 24 heavy (non-hydrogen) atoms. The number of pyridine rings is 1. The predicted octanol–water partition coefficient (Wildman–Crippen LogP) is 1.02. The van der Waals surface area contributed by atoms with Crippen LogP contribution in [0, 0.1) is 0 Å². The summed E-state index contributed by atoms with van der Waals surface area (Å²) in [6, 6.07) is 1.65. The minimum absolute atomic E-state index is 0.331. The number of aromatic nitrogens is 3. The van der Waals surface area contributed by atoms with Gasteiger partial charge < -0.3 is 20.7 Å². The third kappa shape index (κ3) is 3.21. The Morgan fingerprint density at radius 3 is 2.79 bits per heavy atom. The molecule has 0 amide bonds. The van der Waals surface area contributed by atoms with Gasteiger partial charge in [0.05, 0.1) is 11.8 Å². The SMILES string of the molecule is C=P(C)(C)CC[C@H]1O[C@@H](n2c(S)nc3c(N)ccnc32)[C@H](O)[C@@H]1O. The molecule has 4 N–H and O–H groups in total. The Bertz CT molecular complexity index is 805. The van der Waals surface area contributed by atoms with Crippen LogP contribution in [0.3, 0.4) is 0 Å². The summed E-state index contributed by atoms with van der Waals surface area (Å²) < 4.78 is 7.51. The number of imidazole rings is 1. The Labute approximate surface area is 146 Å². The van der Waals surface area contributed by atoms with Crippen molar-refractivity contribution in [1.29, 1.82) is 0 Å². The molecule has 0 radical (unpaired) electrons. The molecule has 4 atom stereocenters. The molecule has 0 spiro atoms. The molecule has 2 aromatic rings. The quantitative estimate of drug-likeness (QED) is 0.473. The number of aliphatic hydroxyl groups excluding tert-OH is 2. The Morgan fingerprint density at radius 1 is 1.42 bits per heavy atom. The highest BCUT2D eigenvalue weighted by atomic mass is 32.1. The number of anilines is 1. The fourth-order valence-electron chi connectivity index (χ4n) is 2.89. The highest BCUT2D eigenvalue weighted by Crippen LogP contribution is 2.40. The van der Waals surface area contributed by atoms with E-state index in [1.54, 1.807) is 16.8 Å². The van der Waals surface area contributed by atoms with Gasteiger partial charge in [0.2, 0.25) is 0 Å². The molecule has 0 unspecified atom stereocenters. The number of nitrogen functional groups attached to an aromatic ring is 1. The van der Waals surface area contributed by atoms with E-state index in [0.29, 0.717) is 28.4 Å². The van der Waals surface area contributed by atoms with E-state index in [9.17, 15) is 10.2 Å². The lowest BCUT2D eigenvalue weighted by molar-refractivity contribution is -0.0399. The average molecular weight is 370 g/mol. The normalized spacial score (nSPS) is 27.9. The van der Waals surface area contributed by atoms with Crippen molar-refractivity contribution in [2.75, 3.05) is 25.2 Å². The predicted molar refractivity (Wildman–Crippen MR) is 100 cm³/mol. The molecule has 1 aliphatic heterocycles. The van der Waals surface area contributed by atoms with Crippen molar-refractivity contribution in [3.63, 3.8) is 0 Å². The standard InChI is InChI=1S/C15H23N4O3PS/c1-23(2,3)7-5-9-11(20)12(21)14(22-9)19-13-10(18-15(19)24)8(16)4-6-17-13/h4,6,9,11-12,14,20-21H,1,5,7H2,2-3H3,(H2,16,17)(H,18,24)/t9-,11-,12-,14-/m1/s1. The van der Waals surface area contributed by atoms with Gasteiger partial charge in [0.1, 0.15) is 17.7 Å². The third-order valence-corrected chi connectivity index (χ3v) is 5.99. The second-order valence-corrected chi connectivity index (χ2v) is 11.6. The van der Waals surface area contributed by atoms with Gasteiger partial charge in [-0.25, -0.2) is 9.97 Å². The summed E-state index contributed by atoms with van der Waals surface area (Å²) in [6.45, 7) is 3.02. The van der Waals surface area contributed by atoms with Crippen molar-refractivity contribution in [2.24, 2.45) is 0 Å². The molecular formula is C15H23N4O3PS. The zero-order valence-electron chi connectivity index (χ0n) is 13.7. The van der Waals surface area contributed by atoms with Gasteiger partial charge in [0.25, 0.3) is 0 Å². The van der Waals surface area contributed by atoms with Crippen LogP contribution in [0.4, 0.5) is 5.69 Å². The molecule has 0 aliphatic carbocycles. The molecule has 2 aromatic heterocycles. The van der Waals surface area contributed by atoms with Crippen LogP contribution in [0.25, 0.3) is 11.2 Å². The van der Waals surface area contributed by atoms with E-state index in [1.807, 2.05) is 0 Å². The smallest absolute Gasteiger partial charge is 0.169 e. The maximum absolute atomic E-state index is 10.5. The fraction of sp³-hybridized carbons (Fsp3) is 0.533. The first-order valence-electron chi connectivity index (χ1n) is 7.69. The number of nitrogens with two attached hydrogens (primary N) is 1. The lowest BCUT2D eigenvalue weighted by Gasteiger charge is -2.19. The maximum atomic E-state index is 10.5. The first-order chi connectivity index (χ1) is 11.2. The number of thiol groups is 1. The first-order valence-corrected chi connectivity index (χ1v) is 11.2. The summed E-state index contributed by atoms with van der Waals surface area (Å²) in [7, 11) is 0. The van der Waals surface area contributed by atoms with E-state index in [4.69, 9.17) is 10.5 Å². The lowest BCUT2D eigenvalue weighted by Crippen LogP contribution is -2.32. The van der Waals surface area contributed by atoms with Crippen molar-refractivity contribution < 1.29 is 14.9 Å². The van der Waals surface area contributed by atoms with E-state index in [1.165, 1.54) is 0 Å². The number of rotatable bonds is 4. The van der Waals surface area contributed by atoms with Crippen LogP contribution in [0.2, 0.25) is 0 Å². The monoisotopic (exact) mass is 370 g/mol. The summed E-state index contributed by atoms with van der Waals surface area (Å²) in [5.74, 6) is 0. The fourth-order valence-corrected chi connectivity index (χ4v) is 4.15. The largest absolute Gasteiger partial charge is 0.397 e. The first kappa shape index (κ1) is 17.8. The minimum Gasteiger partial charge on any atom is -0.397 e. The van der Waals surface area contributed by atoms with Crippen LogP contribution < -0.4 is 5.73 Å². The van der Waals surface area contributed by atoms with Gasteiger partial charge in [-0.15, -0.1) is 25.8 Å². The van der Waals surface area contributed by atoms with Crippen LogP contribution in [0.5, 0.6) is 0 Å². The molecule has 0 aromatic carbocycles. The summed E-state index contributed by atoms with van der Waals surface area (Å²) in [5, 5.41) is 21.1. The van der Waals surface area contributed by atoms with Crippen molar-refractivity contribution in [3.8, 4) is 0 Å². The number of ether oxygens (including phenoxy) is 1. The van der Waals surface area contributed by atoms with Crippen LogP contribution in [-0.4, -0.2) is 68.9 Å². The van der Waals surface area contributed by atoms with Gasteiger partial charge in [0.15, 0.2) is 17.0 Å².